The summed E-state index contributed by atoms with van der Waals surface area (Å²) < 4.78 is 49.4. The van der Waals surface area contributed by atoms with Crippen LogP contribution >= 0.6 is 27.3 Å². The molecule has 0 amide bonds. The van der Waals surface area contributed by atoms with Gasteiger partial charge in [0.2, 0.25) is 0 Å². The molecular weight excluding hydrogens is 515 g/mol. The Morgan fingerprint density at radius 1 is 1.06 bits per heavy atom. The van der Waals surface area contributed by atoms with Gasteiger partial charge in [-0.1, -0.05) is 46.3 Å². The molecule has 0 atom stereocenters. The van der Waals surface area contributed by atoms with E-state index in [1.807, 2.05) is 0 Å². The van der Waals surface area contributed by atoms with Gasteiger partial charge in [-0.3, -0.25) is 4.72 Å². The second kappa shape index (κ2) is 9.40. The number of sulfonamides is 1. The van der Waals surface area contributed by atoms with Crippen molar-refractivity contribution in [2.45, 2.75) is 11.8 Å². The zero-order chi connectivity index (χ0) is 22.7. The summed E-state index contributed by atoms with van der Waals surface area (Å²) in [6.45, 7) is 2.12. The molecule has 1 N–H and O–H groups in total. The Morgan fingerprint density at radius 3 is 2.53 bits per heavy atom. The quantitative estimate of drug-likeness (QED) is 0.292. The number of halogens is 2. The van der Waals surface area contributed by atoms with Crippen molar-refractivity contribution in [2.24, 2.45) is 0 Å². The van der Waals surface area contributed by atoms with E-state index in [0.29, 0.717) is 38.6 Å². The van der Waals surface area contributed by atoms with Crippen LogP contribution < -0.4 is 9.46 Å². The number of ether oxygens (including phenoxy) is 1. The number of anilines is 1. The molecule has 1 heterocycles. The molecule has 164 valence electrons. The number of nitrogens with one attached hydrogen (secondary N) is 1. The Hall–Kier alpha value is -2.75. The van der Waals surface area contributed by atoms with Crippen LogP contribution in [-0.4, -0.2) is 20.0 Å². The third-order valence-corrected chi connectivity index (χ3v) is 7.31. The van der Waals surface area contributed by atoms with E-state index < -0.39 is 10.0 Å². The van der Waals surface area contributed by atoms with Crippen LogP contribution in [0.4, 0.5) is 10.1 Å². The minimum absolute atomic E-state index is 0.0221. The third-order valence-electron chi connectivity index (χ3n) is 4.55. The first kappa shape index (κ1) is 22.4. The van der Waals surface area contributed by atoms with Gasteiger partial charge >= 0.3 is 0 Å². The van der Waals surface area contributed by atoms with Gasteiger partial charge in [-0.25, -0.2) is 17.8 Å². The highest BCUT2D eigenvalue weighted by Gasteiger charge is 2.22. The first-order valence-corrected chi connectivity index (χ1v) is 12.8. The molecule has 0 aliphatic heterocycles. The summed E-state index contributed by atoms with van der Waals surface area (Å²) >= 11 is 4.61. The number of para-hydroxylation sites is 1. The van der Waals surface area contributed by atoms with E-state index in [0.717, 1.165) is 0 Å². The first-order valence-electron chi connectivity index (χ1n) is 9.64. The second-order valence-electron chi connectivity index (χ2n) is 6.69. The van der Waals surface area contributed by atoms with Crippen LogP contribution in [-0.2, 0) is 10.0 Å². The van der Waals surface area contributed by atoms with Gasteiger partial charge in [-0.05, 0) is 43.3 Å². The fraction of sp³-hybridized carbons (Fsp3) is 0.0870. The van der Waals surface area contributed by atoms with Crippen LogP contribution in [0.5, 0.6) is 5.75 Å². The van der Waals surface area contributed by atoms with E-state index in [1.165, 1.54) is 23.5 Å². The molecule has 0 aliphatic carbocycles. The first-order chi connectivity index (χ1) is 15.4. The van der Waals surface area contributed by atoms with Gasteiger partial charge in [0.05, 0.1) is 18.0 Å². The number of benzene rings is 3. The highest BCUT2D eigenvalue weighted by atomic mass is 79.9. The molecule has 32 heavy (non-hydrogen) atoms. The van der Waals surface area contributed by atoms with Crippen LogP contribution in [0.1, 0.15) is 6.92 Å². The standard InChI is InChI=1S/C23H18BrFN2O3S2/c1-2-30-21-12-11-15(24)13-22(21)32(28,29)27-19-10-6-4-8-17(19)20-14-31-23(26-20)16-7-3-5-9-18(16)25/h3-14,27H,2H2,1H3. The topological polar surface area (TPSA) is 68.3 Å². The lowest BCUT2D eigenvalue weighted by Gasteiger charge is -2.15. The minimum atomic E-state index is -3.96. The maximum atomic E-state index is 14.2. The van der Waals surface area contributed by atoms with Gasteiger partial charge in [0.1, 0.15) is 21.5 Å². The fourth-order valence-corrected chi connectivity index (χ4v) is 5.73. The van der Waals surface area contributed by atoms with Gasteiger partial charge in [0.15, 0.2) is 0 Å². The molecule has 5 nitrogen and oxygen atoms in total. The summed E-state index contributed by atoms with van der Waals surface area (Å²) in [5.74, 6) is -0.100. The van der Waals surface area contributed by atoms with Crippen LogP contribution in [0.2, 0.25) is 0 Å². The van der Waals surface area contributed by atoms with Crippen LogP contribution in [0.3, 0.4) is 0 Å². The largest absolute Gasteiger partial charge is 0.492 e. The second-order valence-corrected chi connectivity index (χ2v) is 10.1. The maximum absolute atomic E-state index is 14.2. The number of hydrogen-bond donors (Lipinski definition) is 1. The van der Waals surface area contributed by atoms with Gasteiger partial charge in [-0.2, -0.15) is 0 Å². The fourth-order valence-electron chi connectivity index (χ4n) is 3.12. The van der Waals surface area contributed by atoms with Crippen molar-refractivity contribution in [3.8, 4) is 27.6 Å². The lowest BCUT2D eigenvalue weighted by Crippen LogP contribution is -2.15. The number of aromatic nitrogens is 1. The molecule has 0 saturated heterocycles. The van der Waals surface area contributed by atoms with Gasteiger partial charge < -0.3 is 4.74 Å². The Labute approximate surface area is 198 Å². The highest BCUT2D eigenvalue weighted by molar-refractivity contribution is 9.10. The van der Waals surface area contributed by atoms with E-state index in [2.05, 4.69) is 25.6 Å². The molecule has 0 saturated carbocycles. The van der Waals surface area contributed by atoms with Crippen molar-refractivity contribution in [3.63, 3.8) is 0 Å². The molecule has 4 aromatic rings. The molecule has 0 fully saturated rings. The molecule has 3 aromatic carbocycles. The molecule has 0 unspecified atom stereocenters. The Morgan fingerprint density at radius 2 is 1.78 bits per heavy atom. The normalized spacial score (nSPS) is 11.3. The lowest BCUT2D eigenvalue weighted by molar-refractivity contribution is 0.331. The highest BCUT2D eigenvalue weighted by Crippen LogP contribution is 2.35. The van der Waals surface area contributed by atoms with E-state index in [-0.39, 0.29) is 16.5 Å². The van der Waals surface area contributed by atoms with Crippen molar-refractivity contribution in [2.75, 3.05) is 11.3 Å². The Bertz CT molecular complexity index is 1370. The number of rotatable bonds is 7. The molecule has 0 radical (unpaired) electrons. The van der Waals surface area contributed by atoms with Gasteiger partial charge in [-0.15, -0.1) is 11.3 Å². The van der Waals surface area contributed by atoms with Crippen molar-refractivity contribution in [3.05, 3.63) is 82.4 Å². The average molecular weight is 533 g/mol. The zero-order valence-electron chi connectivity index (χ0n) is 16.9. The Kier molecular flexibility index (Phi) is 6.59. The van der Waals surface area contributed by atoms with E-state index >= 15 is 0 Å². The molecule has 4 rings (SSSR count). The summed E-state index contributed by atoms with van der Waals surface area (Å²) in [5.41, 5.74) is 1.89. The number of hydrogen-bond acceptors (Lipinski definition) is 5. The van der Waals surface area contributed by atoms with Gasteiger partial charge in [0, 0.05) is 21.0 Å². The van der Waals surface area contributed by atoms with Crippen molar-refractivity contribution < 1.29 is 17.5 Å². The molecule has 0 aliphatic rings. The summed E-state index contributed by atoms with van der Waals surface area (Å²) in [6.07, 6.45) is 0. The zero-order valence-corrected chi connectivity index (χ0v) is 20.1. The van der Waals surface area contributed by atoms with Crippen LogP contribution in [0.25, 0.3) is 21.8 Å². The molecule has 9 heteroatoms. The van der Waals surface area contributed by atoms with Crippen molar-refractivity contribution in [1.82, 2.24) is 4.98 Å². The average Bonchev–Trinajstić information content (AvgIpc) is 3.25. The van der Waals surface area contributed by atoms with Gasteiger partial charge in [0.25, 0.3) is 10.0 Å². The summed E-state index contributed by atoms with van der Waals surface area (Å²) in [6, 6.07) is 18.2. The monoisotopic (exact) mass is 532 g/mol. The minimum Gasteiger partial charge on any atom is -0.492 e. The Balaban J connectivity index is 1.72. The van der Waals surface area contributed by atoms with Crippen LogP contribution in [0, 0.1) is 5.82 Å². The van der Waals surface area contributed by atoms with Crippen molar-refractivity contribution in [1.29, 1.82) is 0 Å². The van der Waals surface area contributed by atoms with Crippen molar-refractivity contribution >= 4 is 43.0 Å². The predicted octanol–water partition coefficient (Wildman–Crippen LogP) is 6.58. The smallest absolute Gasteiger partial charge is 0.265 e. The number of nitrogens with zero attached hydrogens (tertiary/aromatic N) is 1. The number of thiazole rings is 1. The predicted molar refractivity (Wildman–Crippen MR) is 129 cm³/mol. The van der Waals surface area contributed by atoms with E-state index in [9.17, 15) is 12.8 Å². The summed E-state index contributed by atoms with van der Waals surface area (Å²) in [4.78, 5) is 4.57. The van der Waals surface area contributed by atoms with Crippen LogP contribution in [0.15, 0.2) is 81.5 Å². The molecule has 1 aromatic heterocycles. The third kappa shape index (κ3) is 4.69. The summed E-state index contributed by atoms with van der Waals surface area (Å²) in [5, 5.41) is 2.29. The van der Waals surface area contributed by atoms with E-state index in [4.69, 9.17) is 4.74 Å². The molecule has 0 spiro atoms. The SMILES string of the molecule is CCOc1ccc(Br)cc1S(=O)(=O)Nc1ccccc1-c1csc(-c2ccccc2F)n1. The van der Waals surface area contributed by atoms with E-state index in [1.54, 1.807) is 66.9 Å². The molecule has 0 bridgehead atoms. The molecular formula is C23H18BrFN2O3S2. The maximum Gasteiger partial charge on any atom is 0.265 e. The lowest BCUT2D eigenvalue weighted by atomic mass is 10.1. The summed E-state index contributed by atoms with van der Waals surface area (Å²) in [7, 11) is -3.96.